The number of ether oxygens (including phenoxy) is 2. The molecule has 0 spiro atoms. The Morgan fingerprint density at radius 1 is 1.23 bits per heavy atom. The van der Waals surface area contributed by atoms with Crippen LogP contribution in [0.25, 0.3) is 0 Å². The first-order valence-electron chi connectivity index (χ1n) is 8.80. The molecule has 164 valence electrons. The molecule has 2 N–H and O–H groups in total. The summed E-state index contributed by atoms with van der Waals surface area (Å²) in [6.45, 7) is -0.145. The minimum Gasteiger partial charge on any atom is -0.497 e. The van der Waals surface area contributed by atoms with E-state index in [-0.39, 0.29) is 48.5 Å². The third-order valence-electron chi connectivity index (χ3n) is 3.82. The molecule has 0 unspecified atom stereocenters. The van der Waals surface area contributed by atoms with E-state index in [1.807, 2.05) is 6.92 Å². The number of hydrogen-bond acceptors (Lipinski definition) is 5. The highest BCUT2D eigenvalue weighted by molar-refractivity contribution is 14.0. The second-order valence-electron chi connectivity index (χ2n) is 5.83. The molecule has 2 aromatic rings. The molecule has 8 nitrogen and oxygen atoms in total. The van der Waals surface area contributed by atoms with Gasteiger partial charge in [-0.3, -0.25) is 10.1 Å². The number of methoxy groups -OCH3 is 1. The number of non-ortho nitro benzene ring substituents is 1. The predicted octanol–water partition coefficient (Wildman–Crippen LogP) is 4.08. The third-order valence-corrected chi connectivity index (χ3v) is 3.82. The van der Waals surface area contributed by atoms with Crippen LogP contribution in [0.2, 0.25) is 0 Å². The fourth-order valence-electron chi connectivity index (χ4n) is 2.49. The van der Waals surface area contributed by atoms with Crippen molar-refractivity contribution in [2.45, 2.75) is 26.6 Å². The lowest BCUT2D eigenvalue weighted by atomic mass is 10.2. The maximum Gasteiger partial charge on any atom is 0.387 e. The SMILES string of the molecule is CCNC(=NCc1cccc([N+](=O)[O-])c1)NCc1cc(OC)ccc1OC(F)F.I. The van der Waals surface area contributed by atoms with Gasteiger partial charge in [0.15, 0.2) is 5.96 Å². The number of nitro groups is 1. The minimum atomic E-state index is -2.95. The molecule has 30 heavy (non-hydrogen) atoms. The monoisotopic (exact) mass is 536 g/mol. The zero-order valence-electron chi connectivity index (χ0n) is 16.4. The molecule has 0 aliphatic carbocycles. The molecule has 0 saturated carbocycles. The molecule has 0 radical (unpaired) electrons. The van der Waals surface area contributed by atoms with Gasteiger partial charge in [0, 0.05) is 30.8 Å². The summed E-state index contributed by atoms with van der Waals surface area (Å²) in [5.41, 5.74) is 1.12. The third kappa shape index (κ3) is 7.97. The average Bonchev–Trinajstić information content (AvgIpc) is 2.70. The molecule has 0 heterocycles. The van der Waals surface area contributed by atoms with Crippen molar-refractivity contribution in [3.63, 3.8) is 0 Å². The second kappa shape index (κ2) is 12.8. The van der Waals surface area contributed by atoms with Crippen molar-refractivity contribution in [3.8, 4) is 11.5 Å². The molecule has 0 aliphatic heterocycles. The molecule has 0 bridgehead atoms. The van der Waals surface area contributed by atoms with Crippen LogP contribution < -0.4 is 20.1 Å². The Morgan fingerprint density at radius 3 is 2.63 bits per heavy atom. The van der Waals surface area contributed by atoms with Crippen LogP contribution in [0, 0.1) is 10.1 Å². The summed E-state index contributed by atoms with van der Waals surface area (Å²) in [6.07, 6.45) is 0. The molecule has 0 atom stereocenters. The van der Waals surface area contributed by atoms with E-state index in [9.17, 15) is 18.9 Å². The molecular weight excluding hydrogens is 513 g/mol. The van der Waals surface area contributed by atoms with Crippen molar-refractivity contribution in [1.82, 2.24) is 10.6 Å². The van der Waals surface area contributed by atoms with Gasteiger partial charge in [0.2, 0.25) is 0 Å². The number of hydrogen-bond donors (Lipinski definition) is 2. The number of alkyl halides is 2. The van der Waals surface area contributed by atoms with Gasteiger partial charge in [-0.2, -0.15) is 8.78 Å². The van der Waals surface area contributed by atoms with E-state index >= 15 is 0 Å². The number of aliphatic imine (C=N–C) groups is 1. The van der Waals surface area contributed by atoms with Gasteiger partial charge >= 0.3 is 6.61 Å². The highest BCUT2D eigenvalue weighted by Gasteiger charge is 2.12. The van der Waals surface area contributed by atoms with E-state index in [0.717, 1.165) is 0 Å². The Kier molecular flexibility index (Phi) is 10.8. The quantitative estimate of drug-likeness (QED) is 0.165. The fraction of sp³-hybridized carbons (Fsp3) is 0.316. The predicted molar refractivity (Wildman–Crippen MR) is 120 cm³/mol. The van der Waals surface area contributed by atoms with E-state index in [2.05, 4.69) is 20.4 Å². The van der Waals surface area contributed by atoms with Crippen LogP contribution in [0.15, 0.2) is 47.5 Å². The van der Waals surface area contributed by atoms with Crippen LogP contribution in [0.3, 0.4) is 0 Å². The Balaban J connectivity index is 0.00000450. The topological polar surface area (TPSA) is 98.0 Å². The van der Waals surface area contributed by atoms with Crippen LogP contribution >= 0.6 is 24.0 Å². The Bertz CT molecular complexity index is 868. The van der Waals surface area contributed by atoms with Crippen molar-refractivity contribution in [2.75, 3.05) is 13.7 Å². The highest BCUT2D eigenvalue weighted by Crippen LogP contribution is 2.25. The summed E-state index contributed by atoms with van der Waals surface area (Å²) in [7, 11) is 1.48. The van der Waals surface area contributed by atoms with Crippen LogP contribution in [-0.2, 0) is 13.1 Å². The molecule has 0 aliphatic rings. The lowest BCUT2D eigenvalue weighted by Crippen LogP contribution is -2.36. The normalized spacial score (nSPS) is 10.9. The van der Waals surface area contributed by atoms with Gasteiger partial charge in [-0.05, 0) is 30.7 Å². The smallest absolute Gasteiger partial charge is 0.387 e. The lowest BCUT2D eigenvalue weighted by molar-refractivity contribution is -0.384. The van der Waals surface area contributed by atoms with Gasteiger partial charge in [0.1, 0.15) is 11.5 Å². The van der Waals surface area contributed by atoms with E-state index < -0.39 is 11.5 Å². The van der Waals surface area contributed by atoms with Gasteiger partial charge in [0.25, 0.3) is 5.69 Å². The number of benzene rings is 2. The van der Waals surface area contributed by atoms with Crippen LogP contribution in [0.4, 0.5) is 14.5 Å². The summed E-state index contributed by atoms with van der Waals surface area (Å²) in [5.74, 6) is 0.953. The maximum absolute atomic E-state index is 12.6. The number of nitrogens with zero attached hydrogens (tertiary/aromatic N) is 2. The fourth-order valence-corrected chi connectivity index (χ4v) is 2.49. The summed E-state index contributed by atoms with van der Waals surface area (Å²) < 4.78 is 35.0. The van der Waals surface area contributed by atoms with Crippen LogP contribution in [0.5, 0.6) is 11.5 Å². The Hall–Kier alpha value is -2.70. The molecule has 0 saturated heterocycles. The summed E-state index contributed by atoms with van der Waals surface area (Å²) >= 11 is 0. The molecular formula is C19H23F2IN4O4. The molecule has 0 aromatic heterocycles. The van der Waals surface area contributed by atoms with Gasteiger partial charge in [0.05, 0.1) is 18.6 Å². The van der Waals surface area contributed by atoms with Crippen LogP contribution in [-0.4, -0.2) is 31.1 Å². The van der Waals surface area contributed by atoms with Gasteiger partial charge in [-0.15, -0.1) is 24.0 Å². The highest BCUT2D eigenvalue weighted by atomic mass is 127. The van der Waals surface area contributed by atoms with E-state index in [1.54, 1.807) is 18.2 Å². The largest absolute Gasteiger partial charge is 0.497 e. The molecule has 11 heteroatoms. The van der Waals surface area contributed by atoms with E-state index in [1.165, 1.54) is 31.4 Å². The Labute approximate surface area is 189 Å². The first-order valence-corrected chi connectivity index (χ1v) is 8.80. The molecule has 2 rings (SSSR count). The second-order valence-corrected chi connectivity index (χ2v) is 5.83. The van der Waals surface area contributed by atoms with Gasteiger partial charge in [-0.25, -0.2) is 4.99 Å². The number of halogens is 3. The van der Waals surface area contributed by atoms with Gasteiger partial charge in [-0.1, -0.05) is 12.1 Å². The van der Waals surface area contributed by atoms with Crippen molar-refractivity contribution in [1.29, 1.82) is 0 Å². The standard InChI is InChI=1S/C19H22F2N4O4.HI/c1-3-22-19(23-11-13-5-4-6-15(9-13)25(26)27)24-12-14-10-16(28-2)7-8-17(14)29-18(20)21;/h4-10,18H,3,11-12H2,1-2H3,(H2,22,23,24);1H. The van der Waals surface area contributed by atoms with Crippen molar-refractivity contribution < 1.29 is 23.2 Å². The average molecular weight is 536 g/mol. The minimum absolute atomic E-state index is 0. The maximum atomic E-state index is 12.6. The van der Waals surface area contributed by atoms with Crippen molar-refractivity contribution in [2.24, 2.45) is 4.99 Å². The molecule has 0 fully saturated rings. The first kappa shape index (κ1) is 25.3. The molecule has 0 amide bonds. The Morgan fingerprint density at radius 2 is 2.00 bits per heavy atom. The lowest BCUT2D eigenvalue weighted by Gasteiger charge is -2.15. The zero-order chi connectivity index (χ0) is 21.2. The molecule has 2 aromatic carbocycles. The van der Waals surface area contributed by atoms with Crippen molar-refractivity contribution in [3.05, 3.63) is 63.7 Å². The van der Waals surface area contributed by atoms with Crippen LogP contribution in [0.1, 0.15) is 18.1 Å². The summed E-state index contributed by atoms with van der Waals surface area (Å²) in [4.78, 5) is 14.8. The zero-order valence-corrected chi connectivity index (χ0v) is 18.8. The van der Waals surface area contributed by atoms with Crippen molar-refractivity contribution >= 4 is 35.6 Å². The summed E-state index contributed by atoms with van der Waals surface area (Å²) in [5, 5.41) is 17.0. The number of rotatable bonds is 9. The number of guanidine groups is 1. The van der Waals surface area contributed by atoms with E-state index in [0.29, 0.717) is 29.4 Å². The number of nitrogens with one attached hydrogen (secondary N) is 2. The summed E-state index contributed by atoms with van der Waals surface area (Å²) in [6, 6.07) is 10.7. The first-order chi connectivity index (χ1) is 13.9. The van der Waals surface area contributed by atoms with E-state index in [4.69, 9.17) is 4.74 Å². The van der Waals surface area contributed by atoms with Gasteiger partial charge < -0.3 is 20.1 Å². The number of nitro benzene ring substituents is 1.